The molecule has 0 aromatic rings. The van der Waals surface area contributed by atoms with Gasteiger partial charge in [-0.25, -0.2) is 0 Å². The third-order valence-electron chi connectivity index (χ3n) is 3.30. The molecule has 1 fully saturated rings. The highest BCUT2D eigenvalue weighted by Gasteiger charge is 2.20. The fourth-order valence-electron chi connectivity index (χ4n) is 1.83. The summed E-state index contributed by atoms with van der Waals surface area (Å²) in [4.78, 5) is 11.4. The molecule has 1 amide bonds. The maximum atomic E-state index is 11.4. The number of carbonyl (C=O) groups is 1. The first kappa shape index (κ1) is 12.5. The van der Waals surface area contributed by atoms with Crippen molar-refractivity contribution in [1.82, 2.24) is 5.32 Å². The number of carbonyl (C=O) groups excluding carboxylic acids is 1. The van der Waals surface area contributed by atoms with Crippen LogP contribution in [0.2, 0.25) is 0 Å². The topological polar surface area (TPSA) is 55.1 Å². The highest BCUT2D eigenvalue weighted by Crippen LogP contribution is 2.28. The van der Waals surface area contributed by atoms with Crippen LogP contribution in [0.4, 0.5) is 0 Å². The second-order valence-corrected chi connectivity index (χ2v) is 4.83. The Hall–Kier alpha value is -0.570. The van der Waals surface area contributed by atoms with Crippen LogP contribution in [0.25, 0.3) is 0 Å². The van der Waals surface area contributed by atoms with Crippen LogP contribution in [0.15, 0.2) is 0 Å². The molecular weight excluding hydrogens is 188 g/mol. The zero-order valence-corrected chi connectivity index (χ0v) is 9.80. The number of nitrogens with one attached hydrogen (secondary N) is 1. The van der Waals surface area contributed by atoms with Gasteiger partial charge in [-0.15, -0.1) is 0 Å². The van der Waals surface area contributed by atoms with Gasteiger partial charge in [-0.3, -0.25) is 4.79 Å². The molecular formula is C12H24N2O. The molecule has 3 nitrogen and oxygen atoms in total. The minimum absolute atomic E-state index is 0.236. The van der Waals surface area contributed by atoms with Gasteiger partial charge in [0.1, 0.15) is 0 Å². The molecule has 1 saturated carbocycles. The average molecular weight is 212 g/mol. The van der Waals surface area contributed by atoms with E-state index in [2.05, 4.69) is 12.2 Å². The quantitative estimate of drug-likeness (QED) is 0.631. The zero-order valence-electron chi connectivity index (χ0n) is 9.80. The van der Waals surface area contributed by atoms with Crippen LogP contribution < -0.4 is 11.1 Å². The Morgan fingerprint density at radius 1 is 1.53 bits per heavy atom. The SMILES string of the molecule is CC(CN)CCCNC(=O)CC1CCC1. The van der Waals surface area contributed by atoms with Crippen LogP contribution in [0.1, 0.15) is 45.4 Å². The minimum atomic E-state index is 0.236. The van der Waals surface area contributed by atoms with Gasteiger partial charge < -0.3 is 11.1 Å². The predicted octanol–water partition coefficient (Wildman–Crippen LogP) is 1.67. The van der Waals surface area contributed by atoms with Crippen LogP contribution in [-0.4, -0.2) is 19.0 Å². The van der Waals surface area contributed by atoms with E-state index in [4.69, 9.17) is 5.73 Å². The van der Waals surface area contributed by atoms with E-state index in [1.807, 2.05) is 0 Å². The van der Waals surface area contributed by atoms with Crippen LogP contribution in [0, 0.1) is 11.8 Å². The zero-order chi connectivity index (χ0) is 11.1. The molecule has 3 N–H and O–H groups in total. The molecule has 0 bridgehead atoms. The minimum Gasteiger partial charge on any atom is -0.356 e. The van der Waals surface area contributed by atoms with Crippen molar-refractivity contribution in [2.45, 2.75) is 45.4 Å². The molecule has 1 aliphatic rings. The Morgan fingerprint density at radius 3 is 2.80 bits per heavy atom. The second-order valence-electron chi connectivity index (χ2n) is 4.83. The fraction of sp³-hybridized carbons (Fsp3) is 0.917. The van der Waals surface area contributed by atoms with Gasteiger partial charge in [0.2, 0.25) is 5.91 Å². The number of rotatable bonds is 7. The number of hydrogen-bond acceptors (Lipinski definition) is 2. The van der Waals surface area contributed by atoms with Crippen molar-refractivity contribution in [2.24, 2.45) is 17.6 Å². The summed E-state index contributed by atoms with van der Waals surface area (Å²) in [6, 6.07) is 0. The molecule has 0 aliphatic heterocycles. The van der Waals surface area contributed by atoms with Crippen LogP contribution >= 0.6 is 0 Å². The van der Waals surface area contributed by atoms with E-state index in [1.54, 1.807) is 0 Å². The summed E-state index contributed by atoms with van der Waals surface area (Å²) >= 11 is 0. The molecule has 1 rings (SSSR count). The van der Waals surface area contributed by atoms with Gasteiger partial charge in [0.15, 0.2) is 0 Å². The number of nitrogens with two attached hydrogens (primary N) is 1. The molecule has 0 aromatic carbocycles. The van der Waals surface area contributed by atoms with Crippen LogP contribution in [0.5, 0.6) is 0 Å². The average Bonchev–Trinajstić information content (AvgIpc) is 2.18. The molecule has 0 radical (unpaired) electrons. The summed E-state index contributed by atoms with van der Waals surface area (Å²) in [6.07, 6.45) is 6.71. The maximum absolute atomic E-state index is 11.4. The Bertz CT molecular complexity index is 190. The first-order valence-corrected chi connectivity index (χ1v) is 6.19. The van der Waals surface area contributed by atoms with Gasteiger partial charge >= 0.3 is 0 Å². The van der Waals surface area contributed by atoms with E-state index in [1.165, 1.54) is 19.3 Å². The maximum Gasteiger partial charge on any atom is 0.220 e. The van der Waals surface area contributed by atoms with Gasteiger partial charge in [0, 0.05) is 13.0 Å². The first-order chi connectivity index (χ1) is 7.22. The van der Waals surface area contributed by atoms with Crippen LogP contribution in [-0.2, 0) is 4.79 Å². The van der Waals surface area contributed by atoms with Crippen molar-refractivity contribution in [1.29, 1.82) is 0 Å². The largest absolute Gasteiger partial charge is 0.356 e. The van der Waals surface area contributed by atoms with Crippen molar-refractivity contribution in [2.75, 3.05) is 13.1 Å². The van der Waals surface area contributed by atoms with E-state index < -0.39 is 0 Å². The predicted molar refractivity (Wildman–Crippen MR) is 62.4 cm³/mol. The van der Waals surface area contributed by atoms with E-state index in [0.717, 1.165) is 32.4 Å². The Labute approximate surface area is 92.8 Å². The summed E-state index contributed by atoms with van der Waals surface area (Å²) < 4.78 is 0. The summed E-state index contributed by atoms with van der Waals surface area (Å²) in [7, 11) is 0. The molecule has 3 heteroatoms. The second kappa shape index (κ2) is 6.83. The molecule has 1 atom stereocenters. The van der Waals surface area contributed by atoms with Gasteiger partial charge in [-0.1, -0.05) is 13.3 Å². The normalized spacial score (nSPS) is 18.3. The third kappa shape index (κ3) is 5.17. The highest BCUT2D eigenvalue weighted by molar-refractivity contribution is 5.76. The first-order valence-electron chi connectivity index (χ1n) is 6.19. The molecule has 88 valence electrons. The van der Waals surface area contributed by atoms with Crippen molar-refractivity contribution < 1.29 is 4.79 Å². The van der Waals surface area contributed by atoms with Gasteiger partial charge in [0.05, 0.1) is 0 Å². The molecule has 0 aromatic heterocycles. The smallest absolute Gasteiger partial charge is 0.220 e. The van der Waals surface area contributed by atoms with Crippen molar-refractivity contribution in [3.05, 3.63) is 0 Å². The molecule has 1 unspecified atom stereocenters. The van der Waals surface area contributed by atoms with Crippen molar-refractivity contribution in [3.8, 4) is 0 Å². The summed E-state index contributed by atoms with van der Waals surface area (Å²) in [6.45, 7) is 3.71. The monoisotopic (exact) mass is 212 g/mol. The fourth-order valence-corrected chi connectivity index (χ4v) is 1.83. The van der Waals surface area contributed by atoms with E-state index in [0.29, 0.717) is 11.8 Å². The lowest BCUT2D eigenvalue weighted by atomic mass is 9.83. The van der Waals surface area contributed by atoms with Crippen LogP contribution in [0.3, 0.4) is 0 Å². The lowest BCUT2D eigenvalue weighted by molar-refractivity contribution is -0.122. The van der Waals surface area contributed by atoms with E-state index in [9.17, 15) is 4.79 Å². The third-order valence-corrected chi connectivity index (χ3v) is 3.30. The summed E-state index contributed by atoms with van der Waals surface area (Å²) in [5, 5.41) is 2.98. The molecule has 0 spiro atoms. The molecule has 0 heterocycles. The van der Waals surface area contributed by atoms with E-state index >= 15 is 0 Å². The molecule has 1 aliphatic carbocycles. The Kier molecular flexibility index (Phi) is 5.69. The Morgan fingerprint density at radius 2 is 2.27 bits per heavy atom. The number of hydrogen-bond donors (Lipinski definition) is 2. The van der Waals surface area contributed by atoms with Gasteiger partial charge in [0.25, 0.3) is 0 Å². The molecule has 0 saturated heterocycles. The lowest BCUT2D eigenvalue weighted by Crippen LogP contribution is -2.28. The van der Waals surface area contributed by atoms with E-state index in [-0.39, 0.29) is 5.91 Å². The standard InChI is InChI=1S/C12H24N2O/c1-10(9-13)4-3-7-14-12(15)8-11-5-2-6-11/h10-11H,2-9,13H2,1H3,(H,14,15). The summed E-state index contributed by atoms with van der Waals surface area (Å²) in [5.74, 6) is 1.49. The Balaban J connectivity index is 1.92. The molecule has 15 heavy (non-hydrogen) atoms. The van der Waals surface area contributed by atoms with Crippen molar-refractivity contribution in [3.63, 3.8) is 0 Å². The van der Waals surface area contributed by atoms with Gasteiger partial charge in [-0.2, -0.15) is 0 Å². The summed E-state index contributed by atoms with van der Waals surface area (Å²) in [5.41, 5.74) is 5.52. The lowest BCUT2D eigenvalue weighted by Gasteiger charge is -2.24. The van der Waals surface area contributed by atoms with Crippen molar-refractivity contribution >= 4 is 5.91 Å². The van der Waals surface area contributed by atoms with Gasteiger partial charge in [-0.05, 0) is 44.1 Å². The highest BCUT2D eigenvalue weighted by atomic mass is 16.1. The number of amides is 1.